The van der Waals surface area contributed by atoms with Gasteiger partial charge in [0.05, 0.1) is 23.3 Å². The van der Waals surface area contributed by atoms with Crippen LogP contribution in [0, 0.1) is 11.3 Å². The minimum Gasteiger partial charge on any atom is -0.370 e. The van der Waals surface area contributed by atoms with Gasteiger partial charge in [-0.3, -0.25) is 9.88 Å². The molecule has 2 aromatic carbocycles. The van der Waals surface area contributed by atoms with Crippen molar-refractivity contribution in [2.24, 2.45) is 0 Å². The first-order valence-electron chi connectivity index (χ1n) is 10.3. The minimum atomic E-state index is 0.133. The van der Waals surface area contributed by atoms with Crippen molar-refractivity contribution in [2.75, 3.05) is 24.5 Å². The van der Waals surface area contributed by atoms with E-state index in [9.17, 15) is 5.26 Å². The maximum absolute atomic E-state index is 9.44. The van der Waals surface area contributed by atoms with Gasteiger partial charge in [0.1, 0.15) is 6.07 Å². The first kappa shape index (κ1) is 19.5. The van der Waals surface area contributed by atoms with Crippen molar-refractivity contribution in [3.63, 3.8) is 0 Å². The Morgan fingerprint density at radius 2 is 2.03 bits per heavy atom. The fraction of sp³-hybridized carbons (Fsp3) is 0.333. The third kappa shape index (κ3) is 3.69. The van der Waals surface area contributed by atoms with Crippen molar-refractivity contribution >= 4 is 32.5 Å². The smallest absolute Gasteiger partial charge is 0.101 e. The van der Waals surface area contributed by atoms with Crippen molar-refractivity contribution in [1.29, 1.82) is 5.26 Å². The number of hydrogen-bond acceptors (Lipinski definition) is 5. The summed E-state index contributed by atoms with van der Waals surface area (Å²) in [5, 5.41) is 10.5. The predicted molar refractivity (Wildman–Crippen MR) is 121 cm³/mol. The number of anilines is 1. The van der Waals surface area contributed by atoms with Crippen LogP contribution in [0.3, 0.4) is 0 Å². The van der Waals surface area contributed by atoms with E-state index in [2.05, 4.69) is 74.0 Å². The molecule has 0 bridgehead atoms. The number of hydrogen-bond donors (Lipinski definition) is 0. The van der Waals surface area contributed by atoms with Crippen molar-refractivity contribution in [1.82, 2.24) is 9.88 Å². The Labute approximate surface area is 185 Å². The number of rotatable bonds is 3. The van der Waals surface area contributed by atoms with E-state index in [1.165, 1.54) is 11.1 Å². The summed E-state index contributed by atoms with van der Waals surface area (Å²) in [6.45, 7) is 6.64. The van der Waals surface area contributed by atoms with Crippen molar-refractivity contribution in [3.05, 3.63) is 69.8 Å². The van der Waals surface area contributed by atoms with E-state index in [-0.39, 0.29) is 12.2 Å². The van der Waals surface area contributed by atoms with Crippen LogP contribution in [0.15, 0.2) is 53.1 Å². The number of benzene rings is 2. The number of halogens is 1. The van der Waals surface area contributed by atoms with Crippen molar-refractivity contribution in [2.45, 2.75) is 32.2 Å². The summed E-state index contributed by atoms with van der Waals surface area (Å²) in [4.78, 5) is 9.33. The van der Waals surface area contributed by atoms with Crippen LogP contribution in [0.2, 0.25) is 0 Å². The first-order chi connectivity index (χ1) is 14.6. The summed E-state index contributed by atoms with van der Waals surface area (Å²) in [5.41, 5.74) is 5.32. The molecule has 0 amide bonds. The summed E-state index contributed by atoms with van der Waals surface area (Å²) in [6.07, 6.45) is 2.03. The Hall–Kier alpha value is -2.46. The molecule has 152 valence electrons. The van der Waals surface area contributed by atoms with Gasteiger partial charge in [0.25, 0.3) is 0 Å². The number of morpholine rings is 1. The van der Waals surface area contributed by atoms with Gasteiger partial charge in [-0.1, -0.05) is 22.0 Å². The highest BCUT2D eigenvalue weighted by molar-refractivity contribution is 9.10. The molecule has 0 aliphatic carbocycles. The molecule has 0 radical (unpaired) electrons. The second kappa shape index (κ2) is 7.99. The van der Waals surface area contributed by atoms with Gasteiger partial charge in [0.15, 0.2) is 0 Å². The molecule has 1 saturated heterocycles. The molecule has 0 saturated carbocycles. The Morgan fingerprint density at radius 1 is 1.17 bits per heavy atom. The summed E-state index contributed by atoms with van der Waals surface area (Å²) in [6, 6.07) is 16.8. The van der Waals surface area contributed by atoms with E-state index in [1.807, 2.05) is 12.1 Å². The third-order valence-corrected chi connectivity index (χ3v) is 6.45. The zero-order chi connectivity index (χ0) is 20.7. The Balaban J connectivity index is 1.36. The lowest BCUT2D eigenvalue weighted by molar-refractivity contribution is -0.0329. The molecule has 2 aliphatic heterocycles. The Bertz CT molecular complexity index is 1140. The van der Waals surface area contributed by atoms with Gasteiger partial charge in [-0.2, -0.15) is 5.26 Å². The molecule has 3 aromatic rings. The average Bonchev–Trinajstić information content (AvgIpc) is 3.13. The molecule has 3 heterocycles. The van der Waals surface area contributed by atoms with Crippen LogP contribution < -0.4 is 4.90 Å². The highest BCUT2D eigenvalue weighted by Gasteiger charge is 2.30. The standard InChI is InChI=1S/C24H23BrN4O/c1-16-11-29(23-7-5-17(10-26)24-22(23)3-2-8-27-24)15-21(30-16)14-28-12-18-4-6-20(25)9-19(18)13-28/h2-9,16,21H,11-15H2,1H3/t16-,21+/m1/s1. The normalized spacial score (nSPS) is 21.6. The van der Waals surface area contributed by atoms with E-state index in [4.69, 9.17) is 4.74 Å². The van der Waals surface area contributed by atoms with Crippen molar-refractivity contribution < 1.29 is 4.74 Å². The number of pyridine rings is 1. The monoisotopic (exact) mass is 462 g/mol. The van der Waals surface area contributed by atoms with Gasteiger partial charge in [0.2, 0.25) is 0 Å². The van der Waals surface area contributed by atoms with E-state index < -0.39 is 0 Å². The fourth-order valence-corrected chi connectivity index (χ4v) is 5.13. The maximum atomic E-state index is 9.44. The van der Waals surface area contributed by atoms with Crippen LogP contribution in [0.1, 0.15) is 23.6 Å². The molecule has 5 nitrogen and oxygen atoms in total. The predicted octanol–water partition coefficient (Wildman–Crippen LogP) is 4.48. The Kier molecular flexibility index (Phi) is 5.20. The molecular weight excluding hydrogens is 440 g/mol. The van der Waals surface area contributed by atoms with Crippen LogP contribution in [-0.2, 0) is 17.8 Å². The Morgan fingerprint density at radius 3 is 2.90 bits per heavy atom. The zero-order valence-electron chi connectivity index (χ0n) is 16.9. The fourth-order valence-electron chi connectivity index (χ4n) is 4.72. The topological polar surface area (TPSA) is 52.4 Å². The quantitative estimate of drug-likeness (QED) is 0.574. The highest BCUT2D eigenvalue weighted by atomic mass is 79.9. The number of nitrogens with zero attached hydrogens (tertiary/aromatic N) is 4. The lowest BCUT2D eigenvalue weighted by Gasteiger charge is -2.40. The molecule has 0 N–H and O–H groups in total. The largest absolute Gasteiger partial charge is 0.370 e. The summed E-state index contributed by atoms with van der Waals surface area (Å²) < 4.78 is 7.46. The lowest BCUT2D eigenvalue weighted by Crippen LogP contribution is -2.50. The first-order valence-corrected chi connectivity index (χ1v) is 11.1. The van der Waals surface area contributed by atoms with E-state index in [0.29, 0.717) is 5.56 Å². The molecule has 0 spiro atoms. The van der Waals surface area contributed by atoms with Crippen LogP contribution in [0.4, 0.5) is 5.69 Å². The molecule has 0 unspecified atom stereocenters. The van der Waals surface area contributed by atoms with Gasteiger partial charge in [-0.15, -0.1) is 0 Å². The van der Waals surface area contributed by atoms with Crippen LogP contribution in [0.5, 0.6) is 0 Å². The molecule has 2 atom stereocenters. The van der Waals surface area contributed by atoms with E-state index >= 15 is 0 Å². The SMILES string of the molecule is C[C@@H]1CN(c2ccc(C#N)c3ncccc23)C[C@H](CN2Cc3ccc(Br)cc3C2)O1. The average molecular weight is 463 g/mol. The molecular formula is C24H23BrN4O. The summed E-state index contributed by atoms with van der Waals surface area (Å²) >= 11 is 3.58. The van der Waals surface area contributed by atoms with Crippen LogP contribution in [-0.4, -0.2) is 41.7 Å². The summed E-state index contributed by atoms with van der Waals surface area (Å²) in [5.74, 6) is 0. The van der Waals surface area contributed by atoms with Crippen LogP contribution in [0.25, 0.3) is 10.9 Å². The minimum absolute atomic E-state index is 0.133. The summed E-state index contributed by atoms with van der Waals surface area (Å²) in [7, 11) is 0. The highest BCUT2D eigenvalue weighted by Crippen LogP contribution is 2.31. The lowest BCUT2D eigenvalue weighted by atomic mass is 10.1. The van der Waals surface area contributed by atoms with Gasteiger partial charge in [-0.25, -0.2) is 0 Å². The van der Waals surface area contributed by atoms with Gasteiger partial charge in [0, 0.05) is 54.5 Å². The molecule has 1 aromatic heterocycles. The van der Waals surface area contributed by atoms with Crippen LogP contribution >= 0.6 is 15.9 Å². The van der Waals surface area contributed by atoms with Gasteiger partial charge >= 0.3 is 0 Å². The van der Waals surface area contributed by atoms with Gasteiger partial charge in [-0.05, 0) is 54.4 Å². The second-order valence-electron chi connectivity index (χ2n) is 8.20. The third-order valence-electron chi connectivity index (χ3n) is 5.95. The number of nitriles is 1. The molecule has 1 fully saturated rings. The molecule has 2 aliphatic rings. The number of aromatic nitrogens is 1. The van der Waals surface area contributed by atoms with E-state index in [0.717, 1.165) is 53.8 Å². The van der Waals surface area contributed by atoms with E-state index in [1.54, 1.807) is 6.20 Å². The van der Waals surface area contributed by atoms with Gasteiger partial charge < -0.3 is 9.64 Å². The maximum Gasteiger partial charge on any atom is 0.101 e. The molecule has 6 heteroatoms. The zero-order valence-corrected chi connectivity index (χ0v) is 18.5. The second-order valence-corrected chi connectivity index (χ2v) is 9.12. The molecule has 30 heavy (non-hydrogen) atoms. The number of ether oxygens (including phenoxy) is 1. The molecule has 5 rings (SSSR count). The van der Waals surface area contributed by atoms with Crippen molar-refractivity contribution in [3.8, 4) is 6.07 Å². The number of fused-ring (bicyclic) bond motifs is 2.